The molecule has 0 bridgehead atoms. The van der Waals surface area contributed by atoms with Gasteiger partial charge in [0.2, 0.25) is 0 Å². The van der Waals surface area contributed by atoms with E-state index in [1.807, 2.05) is 38.3 Å². The third-order valence-corrected chi connectivity index (χ3v) is 4.62. The molecule has 2 aromatic rings. The molecule has 0 aromatic carbocycles. The van der Waals surface area contributed by atoms with Gasteiger partial charge in [0.1, 0.15) is 5.82 Å². The zero-order chi connectivity index (χ0) is 17.6. The van der Waals surface area contributed by atoms with E-state index in [9.17, 15) is 0 Å². The molecular formula is C20H28N4O. The molecule has 0 saturated carbocycles. The van der Waals surface area contributed by atoms with Crippen LogP contribution < -0.4 is 4.90 Å². The van der Waals surface area contributed by atoms with Crippen molar-refractivity contribution in [1.82, 2.24) is 14.9 Å². The van der Waals surface area contributed by atoms with Gasteiger partial charge in [-0.05, 0) is 49.1 Å². The summed E-state index contributed by atoms with van der Waals surface area (Å²) in [5.74, 6) is 1.01. The highest BCUT2D eigenvalue weighted by molar-refractivity contribution is 5.39. The fourth-order valence-electron chi connectivity index (χ4n) is 3.14. The minimum absolute atomic E-state index is 0.295. The highest BCUT2D eigenvalue weighted by atomic mass is 16.5. The monoisotopic (exact) mass is 340 g/mol. The number of ether oxygens (including phenoxy) is 1. The van der Waals surface area contributed by atoms with E-state index in [1.165, 1.54) is 11.1 Å². The second-order valence-electron chi connectivity index (χ2n) is 6.99. The van der Waals surface area contributed by atoms with Crippen LogP contribution in [-0.4, -0.2) is 54.8 Å². The van der Waals surface area contributed by atoms with Gasteiger partial charge in [-0.15, -0.1) is 0 Å². The van der Waals surface area contributed by atoms with Gasteiger partial charge in [0.05, 0.1) is 12.7 Å². The van der Waals surface area contributed by atoms with Crippen LogP contribution >= 0.6 is 0 Å². The average Bonchev–Trinajstić information content (AvgIpc) is 2.62. The molecule has 0 N–H and O–H groups in total. The normalized spacial score (nSPS) is 18.3. The lowest BCUT2D eigenvalue weighted by molar-refractivity contribution is -0.0346. The molecule has 0 unspecified atom stereocenters. The first-order chi connectivity index (χ1) is 12.1. The van der Waals surface area contributed by atoms with Crippen molar-refractivity contribution in [2.75, 3.05) is 38.7 Å². The van der Waals surface area contributed by atoms with Gasteiger partial charge in [-0.1, -0.05) is 6.07 Å². The Kier molecular flexibility index (Phi) is 6.00. The topological polar surface area (TPSA) is 41.5 Å². The molecule has 0 aliphatic carbocycles. The summed E-state index contributed by atoms with van der Waals surface area (Å²) >= 11 is 0. The van der Waals surface area contributed by atoms with Gasteiger partial charge < -0.3 is 9.64 Å². The largest absolute Gasteiger partial charge is 0.376 e. The number of hydrogen-bond acceptors (Lipinski definition) is 5. The molecule has 2 aromatic heterocycles. The van der Waals surface area contributed by atoms with Gasteiger partial charge in [-0.25, -0.2) is 4.98 Å². The number of anilines is 1. The Morgan fingerprint density at radius 3 is 2.84 bits per heavy atom. The zero-order valence-corrected chi connectivity index (χ0v) is 15.5. The number of aryl methyl sites for hydroxylation is 2. The van der Waals surface area contributed by atoms with E-state index in [1.54, 1.807) is 0 Å². The van der Waals surface area contributed by atoms with Crippen LogP contribution in [0.15, 0.2) is 36.7 Å². The summed E-state index contributed by atoms with van der Waals surface area (Å²) in [6, 6.07) is 8.52. The van der Waals surface area contributed by atoms with E-state index >= 15 is 0 Å². The molecule has 25 heavy (non-hydrogen) atoms. The Morgan fingerprint density at radius 2 is 2.08 bits per heavy atom. The standard InChI is InChI=1S/C20H28N4O/c1-16-4-5-18(13-22-16)14-24-10-11-25-19(15-24)7-6-17-8-9-21-20(12-17)23(2)3/h4-5,8-9,12-13,19H,6-7,10-11,14-15H2,1-3H3/t19-/m0/s1. The van der Waals surface area contributed by atoms with Gasteiger partial charge in [0.25, 0.3) is 0 Å². The highest BCUT2D eigenvalue weighted by Crippen LogP contribution is 2.16. The van der Waals surface area contributed by atoms with Crippen LogP contribution in [-0.2, 0) is 17.7 Å². The summed E-state index contributed by atoms with van der Waals surface area (Å²) < 4.78 is 5.98. The molecule has 1 aliphatic heterocycles. The molecule has 1 fully saturated rings. The van der Waals surface area contributed by atoms with Crippen LogP contribution in [0.5, 0.6) is 0 Å². The molecule has 134 valence electrons. The summed E-state index contributed by atoms with van der Waals surface area (Å²) in [6.07, 6.45) is 6.24. The van der Waals surface area contributed by atoms with Gasteiger partial charge >= 0.3 is 0 Å². The van der Waals surface area contributed by atoms with Crippen molar-refractivity contribution in [2.45, 2.75) is 32.4 Å². The fraction of sp³-hybridized carbons (Fsp3) is 0.500. The predicted octanol–water partition coefficient (Wildman–Crippen LogP) is 2.68. The van der Waals surface area contributed by atoms with Crippen molar-refractivity contribution in [2.24, 2.45) is 0 Å². The van der Waals surface area contributed by atoms with E-state index < -0.39 is 0 Å². The van der Waals surface area contributed by atoms with E-state index in [2.05, 4.69) is 39.1 Å². The SMILES string of the molecule is Cc1ccc(CN2CCO[C@@H](CCc3ccnc(N(C)C)c3)C2)cn1. The van der Waals surface area contributed by atoms with Crippen molar-refractivity contribution >= 4 is 5.82 Å². The highest BCUT2D eigenvalue weighted by Gasteiger charge is 2.20. The Hall–Kier alpha value is -1.98. The van der Waals surface area contributed by atoms with Crippen molar-refractivity contribution < 1.29 is 4.74 Å². The van der Waals surface area contributed by atoms with Gasteiger partial charge in [0.15, 0.2) is 0 Å². The fourth-order valence-corrected chi connectivity index (χ4v) is 3.14. The Labute approximate surface area is 150 Å². The number of rotatable bonds is 6. The van der Waals surface area contributed by atoms with E-state index in [4.69, 9.17) is 4.74 Å². The maximum absolute atomic E-state index is 5.98. The Morgan fingerprint density at radius 1 is 1.20 bits per heavy atom. The van der Waals surface area contributed by atoms with Gasteiger partial charge in [0, 0.05) is 51.8 Å². The molecule has 0 radical (unpaired) electrons. The number of nitrogens with zero attached hydrogens (tertiary/aromatic N) is 4. The van der Waals surface area contributed by atoms with Crippen LogP contribution in [0, 0.1) is 6.92 Å². The molecule has 3 rings (SSSR count). The molecule has 1 saturated heterocycles. The lowest BCUT2D eigenvalue weighted by atomic mass is 10.1. The van der Waals surface area contributed by atoms with Crippen molar-refractivity contribution in [1.29, 1.82) is 0 Å². The minimum atomic E-state index is 0.295. The van der Waals surface area contributed by atoms with E-state index in [0.29, 0.717) is 6.10 Å². The Bertz CT molecular complexity index is 672. The summed E-state index contributed by atoms with van der Waals surface area (Å²) in [5.41, 5.74) is 3.66. The molecule has 0 amide bonds. The maximum atomic E-state index is 5.98. The lowest BCUT2D eigenvalue weighted by Crippen LogP contribution is -2.42. The van der Waals surface area contributed by atoms with Gasteiger partial charge in [-0.3, -0.25) is 9.88 Å². The second-order valence-corrected chi connectivity index (χ2v) is 6.99. The molecule has 3 heterocycles. The summed E-state index contributed by atoms with van der Waals surface area (Å²) in [6.45, 7) is 5.76. The third kappa shape index (κ3) is 5.25. The smallest absolute Gasteiger partial charge is 0.128 e. The molecule has 5 heteroatoms. The van der Waals surface area contributed by atoms with Crippen LogP contribution in [0.1, 0.15) is 23.2 Å². The average molecular weight is 340 g/mol. The van der Waals surface area contributed by atoms with E-state index in [0.717, 1.165) is 50.6 Å². The molecule has 1 atom stereocenters. The lowest BCUT2D eigenvalue weighted by Gasteiger charge is -2.33. The quantitative estimate of drug-likeness (QED) is 0.809. The number of hydrogen-bond donors (Lipinski definition) is 0. The van der Waals surface area contributed by atoms with Crippen molar-refractivity contribution in [3.63, 3.8) is 0 Å². The molecule has 0 spiro atoms. The van der Waals surface area contributed by atoms with Crippen molar-refractivity contribution in [3.8, 4) is 0 Å². The number of pyridine rings is 2. The van der Waals surface area contributed by atoms with Crippen LogP contribution in [0.4, 0.5) is 5.82 Å². The molecule has 1 aliphatic rings. The van der Waals surface area contributed by atoms with Crippen LogP contribution in [0.3, 0.4) is 0 Å². The van der Waals surface area contributed by atoms with Crippen molar-refractivity contribution in [3.05, 3.63) is 53.5 Å². The van der Waals surface area contributed by atoms with E-state index in [-0.39, 0.29) is 0 Å². The first-order valence-electron chi connectivity index (χ1n) is 8.98. The first kappa shape index (κ1) is 17.8. The van der Waals surface area contributed by atoms with Crippen LogP contribution in [0.25, 0.3) is 0 Å². The third-order valence-electron chi connectivity index (χ3n) is 4.62. The maximum Gasteiger partial charge on any atom is 0.128 e. The number of morpholine rings is 1. The summed E-state index contributed by atoms with van der Waals surface area (Å²) in [4.78, 5) is 13.3. The Balaban J connectivity index is 1.51. The predicted molar refractivity (Wildman–Crippen MR) is 101 cm³/mol. The molecule has 5 nitrogen and oxygen atoms in total. The van der Waals surface area contributed by atoms with Gasteiger partial charge in [-0.2, -0.15) is 0 Å². The first-order valence-corrected chi connectivity index (χ1v) is 8.98. The summed E-state index contributed by atoms with van der Waals surface area (Å²) in [5, 5.41) is 0. The minimum Gasteiger partial charge on any atom is -0.376 e. The second kappa shape index (κ2) is 8.41. The molecular weight excluding hydrogens is 312 g/mol. The van der Waals surface area contributed by atoms with Crippen LogP contribution in [0.2, 0.25) is 0 Å². The number of aromatic nitrogens is 2. The summed E-state index contributed by atoms with van der Waals surface area (Å²) in [7, 11) is 4.04. The zero-order valence-electron chi connectivity index (χ0n) is 15.5.